The van der Waals surface area contributed by atoms with Crippen molar-refractivity contribution in [2.45, 2.75) is 32.6 Å². The maximum absolute atomic E-state index is 4.49. The molecule has 1 aromatic heterocycles. The lowest BCUT2D eigenvalue weighted by atomic mass is 9.88. The number of nitrogens with zero attached hydrogens (tertiary/aromatic N) is 2. The molecule has 1 aliphatic heterocycles. The van der Waals surface area contributed by atoms with Crippen molar-refractivity contribution >= 4 is 5.82 Å². The van der Waals surface area contributed by atoms with E-state index in [2.05, 4.69) is 53.4 Å². The van der Waals surface area contributed by atoms with Crippen LogP contribution in [0.15, 0.2) is 18.3 Å². The Hall–Kier alpha value is -1.13. The first-order valence-electron chi connectivity index (χ1n) is 7.69. The molecular weight excluding hydrogens is 248 g/mol. The molecule has 20 heavy (non-hydrogen) atoms. The number of pyridine rings is 1. The van der Waals surface area contributed by atoms with Crippen LogP contribution in [0.5, 0.6) is 0 Å². The largest absolute Gasteiger partial charge is 0.370 e. The van der Waals surface area contributed by atoms with Crippen molar-refractivity contribution < 1.29 is 0 Å². The number of hydrogen-bond donors (Lipinski definition) is 2. The lowest BCUT2D eigenvalue weighted by molar-refractivity contribution is 0.240. The highest BCUT2D eigenvalue weighted by Crippen LogP contribution is 2.21. The van der Waals surface area contributed by atoms with Gasteiger partial charge in [-0.3, -0.25) is 0 Å². The minimum atomic E-state index is 0.174. The van der Waals surface area contributed by atoms with Gasteiger partial charge in [-0.15, -0.1) is 0 Å². The number of piperazine rings is 1. The number of nitrogens with one attached hydrogen (secondary N) is 2. The molecular formula is C16H28N4. The average molecular weight is 276 g/mol. The summed E-state index contributed by atoms with van der Waals surface area (Å²) in [6.07, 6.45) is 3.15. The number of aromatic nitrogens is 1. The SMILES string of the molecule is CC(C)(C)c1ccc(NCCCN2CCNCC2)nc1. The van der Waals surface area contributed by atoms with E-state index in [0.717, 1.165) is 25.5 Å². The van der Waals surface area contributed by atoms with Gasteiger partial charge in [-0.25, -0.2) is 4.98 Å². The van der Waals surface area contributed by atoms with Crippen LogP contribution in [0.3, 0.4) is 0 Å². The summed E-state index contributed by atoms with van der Waals surface area (Å²) >= 11 is 0. The number of hydrogen-bond acceptors (Lipinski definition) is 4. The first-order valence-corrected chi connectivity index (χ1v) is 7.69. The molecule has 0 aliphatic carbocycles. The van der Waals surface area contributed by atoms with Crippen LogP contribution in [0.4, 0.5) is 5.82 Å². The fraction of sp³-hybridized carbons (Fsp3) is 0.688. The second kappa shape index (κ2) is 7.04. The zero-order valence-corrected chi connectivity index (χ0v) is 13.1. The van der Waals surface area contributed by atoms with Gasteiger partial charge >= 0.3 is 0 Å². The summed E-state index contributed by atoms with van der Waals surface area (Å²) < 4.78 is 0. The van der Waals surface area contributed by atoms with Crippen molar-refractivity contribution in [3.63, 3.8) is 0 Å². The van der Waals surface area contributed by atoms with Crippen LogP contribution in [0, 0.1) is 0 Å². The third-order valence-electron chi connectivity index (χ3n) is 3.80. The second-order valence-corrected chi connectivity index (χ2v) is 6.55. The molecule has 0 spiro atoms. The van der Waals surface area contributed by atoms with Crippen LogP contribution in [0.1, 0.15) is 32.8 Å². The Morgan fingerprint density at radius 2 is 2.00 bits per heavy atom. The zero-order valence-electron chi connectivity index (χ0n) is 13.1. The third kappa shape index (κ3) is 4.76. The number of rotatable bonds is 5. The average Bonchev–Trinajstić information content (AvgIpc) is 2.44. The van der Waals surface area contributed by atoms with E-state index in [1.54, 1.807) is 0 Å². The molecule has 2 N–H and O–H groups in total. The Balaban J connectivity index is 1.68. The third-order valence-corrected chi connectivity index (χ3v) is 3.80. The maximum Gasteiger partial charge on any atom is 0.125 e. The Kier molecular flexibility index (Phi) is 5.38. The predicted molar refractivity (Wildman–Crippen MR) is 85.4 cm³/mol. The minimum absolute atomic E-state index is 0.174. The molecule has 1 saturated heterocycles. The molecule has 1 fully saturated rings. The molecule has 4 heteroatoms. The van der Waals surface area contributed by atoms with E-state index in [0.29, 0.717) is 0 Å². The fourth-order valence-electron chi connectivity index (χ4n) is 2.40. The van der Waals surface area contributed by atoms with Crippen molar-refractivity contribution in [1.82, 2.24) is 15.2 Å². The van der Waals surface area contributed by atoms with Crippen molar-refractivity contribution in [1.29, 1.82) is 0 Å². The van der Waals surface area contributed by atoms with Gasteiger partial charge in [-0.05, 0) is 30.0 Å². The smallest absolute Gasteiger partial charge is 0.125 e. The monoisotopic (exact) mass is 276 g/mol. The summed E-state index contributed by atoms with van der Waals surface area (Å²) in [5.41, 5.74) is 1.46. The molecule has 0 saturated carbocycles. The van der Waals surface area contributed by atoms with E-state index < -0.39 is 0 Å². The second-order valence-electron chi connectivity index (χ2n) is 6.55. The van der Waals surface area contributed by atoms with E-state index in [4.69, 9.17) is 0 Å². The van der Waals surface area contributed by atoms with Gasteiger partial charge < -0.3 is 15.5 Å². The normalized spacial score (nSPS) is 17.1. The Labute approximate surface area is 123 Å². The van der Waals surface area contributed by atoms with Crippen LogP contribution < -0.4 is 10.6 Å². The minimum Gasteiger partial charge on any atom is -0.370 e. The zero-order chi connectivity index (χ0) is 14.4. The topological polar surface area (TPSA) is 40.2 Å². The van der Waals surface area contributed by atoms with E-state index in [1.165, 1.54) is 31.6 Å². The lowest BCUT2D eigenvalue weighted by Crippen LogP contribution is -2.44. The summed E-state index contributed by atoms with van der Waals surface area (Å²) in [5.74, 6) is 0.985. The van der Waals surface area contributed by atoms with Crippen molar-refractivity contribution in [3.8, 4) is 0 Å². The molecule has 2 heterocycles. The van der Waals surface area contributed by atoms with Crippen LogP contribution in [0.25, 0.3) is 0 Å². The van der Waals surface area contributed by atoms with Crippen molar-refractivity contribution in [2.24, 2.45) is 0 Å². The van der Waals surface area contributed by atoms with Gasteiger partial charge in [-0.2, -0.15) is 0 Å². The first-order chi connectivity index (χ1) is 9.55. The highest BCUT2D eigenvalue weighted by atomic mass is 15.2. The fourth-order valence-corrected chi connectivity index (χ4v) is 2.40. The molecule has 0 atom stereocenters. The molecule has 1 aromatic rings. The molecule has 0 amide bonds. The van der Waals surface area contributed by atoms with E-state index >= 15 is 0 Å². The summed E-state index contributed by atoms with van der Waals surface area (Å²) in [5, 5.41) is 6.79. The van der Waals surface area contributed by atoms with Gasteiger partial charge in [0.15, 0.2) is 0 Å². The summed E-state index contributed by atoms with van der Waals surface area (Å²) in [7, 11) is 0. The predicted octanol–water partition coefficient (Wildman–Crippen LogP) is 2.09. The number of anilines is 1. The molecule has 0 aromatic carbocycles. The Morgan fingerprint density at radius 3 is 2.60 bits per heavy atom. The van der Waals surface area contributed by atoms with Crippen LogP contribution in [-0.2, 0) is 5.41 Å². The Bertz CT molecular complexity index is 388. The molecule has 2 rings (SSSR count). The van der Waals surface area contributed by atoms with E-state index in [-0.39, 0.29) is 5.41 Å². The van der Waals surface area contributed by atoms with Crippen LogP contribution in [-0.4, -0.2) is 49.2 Å². The van der Waals surface area contributed by atoms with Gasteiger partial charge in [0.25, 0.3) is 0 Å². The summed E-state index contributed by atoms with van der Waals surface area (Å²) in [6.45, 7) is 13.4. The van der Waals surface area contributed by atoms with Gasteiger partial charge in [0, 0.05) is 38.9 Å². The highest BCUT2D eigenvalue weighted by Gasteiger charge is 2.13. The van der Waals surface area contributed by atoms with Crippen molar-refractivity contribution in [3.05, 3.63) is 23.9 Å². The van der Waals surface area contributed by atoms with Gasteiger partial charge in [0.05, 0.1) is 0 Å². The first kappa shape index (κ1) is 15.3. The lowest BCUT2D eigenvalue weighted by Gasteiger charge is -2.27. The molecule has 1 aliphatic rings. The summed E-state index contributed by atoms with van der Waals surface area (Å²) in [4.78, 5) is 7.02. The van der Waals surface area contributed by atoms with E-state index in [1.807, 2.05) is 6.20 Å². The van der Waals surface area contributed by atoms with Crippen LogP contribution >= 0.6 is 0 Å². The van der Waals surface area contributed by atoms with Gasteiger partial charge in [0.2, 0.25) is 0 Å². The molecule has 0 radical (unpaired) electrons. The quantitative estimate of drug-likeness (QED) is 0.808. The van der Waals surface area contributed by atoms with Gasteiger partial charge in [0.1, 0.15) is 5.82 Å². The Morgan fingerprint density at radius 1 is 1.25 bits per heavy atom. The van der Waals surface area contributed by atoms with E-state index in [9.17, 15) is 0 Å². The molecule has 0 unspecified atom stereocenters. The molecule has 112 valence electrons. The highest BCUT2D eigenvalue weighted by molar-refractivity contribution is 5.36. The van der Waals surface area contributed by atoms with Gasteiger partial charge in [-0.1, -0.05) is 26.8 Å². The van der Waals surface area contributed by atoms with Crippen LogP contribution in [0.2, 0.25) is 0 Å². The standard InChI is InChI=1S/C16H28N4/c1-16(2,3)14-5-6-15(19-13-14)18-7-4-10-20-11-8-17-9-12-20/h5-6,13,17H,4,7-12H2,1-3H3,(H,18,19). The molecule has 0 bridgehead atoms. The summed E-state index contributed by atoms with van der Waals surface area (Å²) in [6, 6.07) is 4.26. The molecule has 4 nitrogen and oxygen atoms in total. The van der Waals surface area contributed by atoms with Crippen molar-refractivity contribution in [2.75, 3.05) is 44.6 Å². The maximum atomic E-state index is 4.49.